The lowest BCUT2D eigenvalue weighted by Gasteiger charge is -2.47. The number of Topliss-reactive ketones (excluding diaryl/α,β-unsaturated/α-hetero) is 2. The molecule has 0 radical (unpaired) electrons. The molecule has 13 heteroatoms. The number of aliphatic hydroxyl groups excluding tert-OH is 2. The minimum absolute atomic E-state index is 0.0120. The molecule has 3 N–H and O–H groups in total. The number of rotatable bonds is 7. The van der Waals surface area contributed by atoms with Gasteiger partial charge in [-0.3, -0.25) is 14.4 Å². The predicted molar refractivity (Wildman–Crippen MR) is 213 cm³/mol. The van der Waals surface area contributed by atoms with Crippen LogP contribution in [-0.4, -0.2) is 126 Å². The van der Waals surface area contributed by atoms with Crippen LogP contribution in [0.5, 0.6) is 0 Å². The second-order valence-corrected chi connectivity index (χ2v) is 17.3. The van der Waals surface area contributed by atoms with Crippen molar-refractivity contribution in [2.45, 2.75) is 160 Å². The van der Waals surface area contributed by atoms with Crippen LogP contribution in [0.15, 0.2) is 36.0 Å². The molecule has 3 fully saturated rings. The van der Waals surface area contributed by atoms with E-state index in [0.29, 0.717) is 62.5 Å². The number of ether oxygens (including phenoxy) is 5. The zero-order valence-corrected chi connectivity index (χ0v) is 35.4. The van der Waals surface area contributed by atoms with E-state index >= 15 is 0 Å². The highest BCUT2D eigenvalue weighted by atomic mass is 16.7. The first-order valence-electron chi connectivity index (χ1n) is 20.9. The fourth-order valence-corrected chi connectivity index (χ4v) is 9.44. The SMILES string of the molecule is C=CCC1=CC(C)C[C@H](C)C[C@H](OC)C2OC(O)(C(=O)C(=O)N3CCCCC3C(=O)O[C@H](C(C)=CC3CC[C@@H](O)C(OC)C3)[C@H](C)[C@@H](O)CC1=O)C(C)CC2OC. The number of cyclic esters (lactones) is 1. The summed E-state index contributed by atoms with van der Waals surface area (Å²) in [6.07, 6.45) is 4.89. The van der Waals surface area contributed by atoms with E-state index in [4.69, 9.17) is 23.7 Å². The molecule has 3 aliphatic heterocycles. The highest BCUT2D eigenvalue weighted by Gasteiger charge is 2.56. The average Bonchev–Trinajstić information content (AvgIpc) is 3.18. The molecule has 2 saturated heterocycles. The van der Waals surface area contributed by atoms with Crippen LogP contribution in [0.2, 0.25) is 0 Å². The number of carbonyl (C=O) groups is 4. The van der Waals surface area contributed by atoms with Gasteiger partial charge in [-0.05, 0) is 100 Å². The quantitative estimate of drug-likeness (QED) is 0.185. The van der Waals surface area contributed by atoms with Crippen LogP contribution in [0.3, 0.4) is 0 Å². The lowest BCUT2D eigenvalue weighted by molar-refractivity contribution is -0.302. The zero-order valence-electron chi connectivity index (χ0n) is 35.4. The Morgan fingerprint density at radius 3 is 2.23 bits per heavy atom. The number of methoxy groups -OCH3 is 3. The fraction of sp³-hybridized carbons (Fsp3) is 0.773. The number of amides is 1. The average molecular weight is 804 g/mol. The largest absolute Gasteiger partial charge is 0.456 e. The summed E-state index contributed by atoms with van der Waals surface area (Å²) in [4.78, 5) is 57.8. The number of aliphatic hydroxyl groups is 3. The van der Waals surface area contributed by atoms with E-state index in [1.54, 1.807) is 27.0 Å². The number of esters is 1. The minimum atomic E-state index is -2.51. The standard InChI is InChI=1S/C44H69NO12/c1-10-13-31-19-25(2)18-26(3)20-37(54-8)40-38(55-9)22-28(5)44(52,57-40)41(49)42(50)45-17-12-11-14-32(45)43(51)56-39(29(6)34(47)24-35(31)48)27(4)21-30-15-16-33(46)36(23-30)53-7/h10,19,21,25-26,28-30,32-34,36-40,46-47,52H,1,11-18,20,22-24H2,2-9H3/t25?,26-,28?,29+,30?,32?,33+,34-,36?,37-,38?,39+,40?,44?/m0/s1. The van der Waals surface area contributed by atoms with Gasteiger partial charge in [0.1, 0.15) is 18.2 Å². The molecule has 1 saturated carbocycles. The summed E-state index contributed by atoms with van der Waals surface area (Å²) in [5, 5.41) is 34.1. The molecular formula is C44H69NO12. The van der Waals surface area contributed by atoms with E-state index in [9.17, 15) is 34.5 Å². The third-order valence-electron chi connectivity index (χ3n) is 12.8. The molecular weight excluding hydrogens is 734 g/mol. The second kappa shape index (κ2) is 21.0. The topological polar surface area (TPSA) is 178 Å². The summed E-state index contributed by atoms with van der Waals surface area (Å²) < 4.78 is 29.8. The van der Waals surface area contributed by atoms with Crippen LogP contribution in [0.25, 0.3) is 0 Å². The number of nitrogens with zero attached hydrogens (tertiary/aromatic N) is 1. The van der Waals surface area contributed by atoms with Gasteiger partial charge in [0, 0.05) is 46.1 Å². The molecule has 13 nitrogen and oxygen atoms in total. The van der Waals surface area contributed by atoms with Crippen LogP contribution in [-0.2, 0) is 42.9 Å². The maximum Gasteiger partial charge on any atom is 0.329 e. The van der Waals surface area contributed by atoms with Crippen LogP contribution in [0.4, 0.5) is 0 Å². The summed E-state index contributed by atoms with van der Waals surface area (Å²) in [6.45, 7) is 13.2. The highest BCUT2D eigenvalue weighted by Crippen LogP contribution is 2.39. The molecule has 1 aliphatic carbocycles. The van der Waals surface area contributed by atoms with Gasteiger partial charge in [-0.15, -0.1) is 6.58 Å². The smallest absolute Gasteiger partial charge is 0.329 e. The Hall–Kier alpha value is -2.78. The fourth-order valence-electron chi connectivity index (χ4n) is 9.44. The number of piperidine rings is 1. The number of carbonyl (C=O) groups excluding carboxylic acids is 4. The monoisotopic (exact) mass is 803 g/mol. The number of ketones is 2. The Balaban J connectivity index is 1.78. The van der Waals surface area contributed by atoms with E-state index in [1.807, 2.05) is 26.0 Å². The lowest BCUT2D eigenvalue weighted by atomic mass is 9.81. The third kappa shape index (κ3) is 11.3. The maximum atomic E-state index is 14.3. The number of allylic oxidation sites excluding steroid dienone is 4. The number of hydrogen-bond acceptors (Lipinski definition) is 12. The van der Waals surface area contributed by atoms with Gasteiger partial charge >= 0.3 is 5.97 Å². The summed E-state index contributed by atoms with van der Waals surface area (Å²) in [5.74, 6) is -7.32. The molecule has 14 atom stereocenters. The highest BCUT2D eigenvalue weighted by molar-refractivity contribution is 6.39. The van der Waals surface area contributed by atoms with E-state index in [-0.39, 0.29) is 55.4 Å². The first-order valence-corrected chi connectivity index (χ1v) is 20.9. The molecule has 4 rings (SSSR count). The molecule has 1 amide bonds. The summed E-state index contributed by atoms with van der Waals surface area (Å²) in [7, 11) is 4.61. The summed E-state index contributed by atoms with van der Waals surface area (Å²) >= 11 is 0. The van der Waals surface area contributed by atoms with Gasteiger partial charge < -0.3 is 43.9 Å². The van der Waals surface area contributed by atoms with Crippen molar-refractivity contribution in [2.24, 2.45) is 29.6 Å². The third-order valence-corrected chi connectivity index (χ3v) is 12.8. The summed E-state index contributed by atoms with van der Waals surface area (Å²) in [5.41, 5.74) is 1.18. The summed E-state index contributed by atoms with van der Waals surface area (Å²) in [6, 6.07) is -1.14. The minimum Gasteiger partial charge on any atom is -0.456 e. The maximum absolute atomic E-state index is 14.3. The van der Waals surface area contributed by atoms with Gasteiger partial charge in [0.15, 0.2) is 5.78 Å². The van der Waals surface area contributed by atoms with Gasteiger partial charge in [-0.25, -0.2) is 4.79 Å². The Kier molecular flexibility index (Phi) is 17.2. The van der Waals surface area contributed by atoms with Crippen molar-refractivity contribution in [3.05, 3.63) is 36.0 Å². The van der Waals surface area contributed by atoms with Gasteiger partial charge in [0.05, 0.1) is 30.5 Å². The van der Waals surface area contributed by atoms with E-state index in [1.165, 1.54) is 19.1 Å². The van der Waals surface area contributed by atoms with E-state index in [0.717, 1.165) is 0 Å². The van der Waals surface area contributed by atoms with Crippen molar-refractivity contribution < 1.29 is 58.2 Å². The van der Waals surface area contributed by atoms with E-state index < -0.39 is 77.9 Å². The molecule has 0 aromatic carbocycles. The first kappa shape index (κ1) is 46.9. The Morgan fingerprint density at radius 1 is 0.912 bits per heavy atom. The van der Waals surface area contributed by atoms with Gasteiger partial charge in [-0.1, -0.05) is 45.9 Å². The van der Waals surface area contributed by atoms with Crippen molar-refractivity contribution in [2.75, 3.05) is 27.9 Å². The van der Waals surface area contributed by atoms with Crippen LogP contribution in [0, 0.1) is 29.6 Å². The molecule has 2 bridgehead atoms. The van der Waals surface area contributed by atoms with Gasteiger partial charge in [-0.2, -0.15) is 0 Å². The molecule has 3 heterocycles. The second-order valence-electron chi connectivity index (χ2n) is 17.3. The molecule has 0 aromatic heterocycles. The van der Waals surface area contributed by atoms with Crippen molar-refractivity contribution >= 4 is 23.4 Å². The van der Waals surface area contributed by atoms with Crippen LogP contribution >= 0.6 is 0 Å². The molecule has 322 valence electrons. The Labute approximate surface area is 339 Å². The van der Waals surface area contributed by atoms with Crippen LogP contribution in [0.1, 0.15) is 105 Å². The lowest BCUT2D eigenvalue weighted by Crippen LogP contribution is -2.64. The number of fused-ring (bicyclic) bond motifs is 3. The molecule has 8 unspecified atom stereocenters. The Morgan fingerprint density at radius 2 is 1.58 bits per heavy atom. The van der Waals surface area contributed by atoms with Crippen molar-refractivity contribution in [1.82, 2.24) is 4.90 Å². The Bertz CT molecular complexity index is 1480. The molecule has 0 aromatic rings. The van der Waals surface area contributed by atoms with E-state index in [2.05, 4.69) is 13.5 Å². The van der Waals surface area contributed by atoms with Gasteiger partial charge in [0.2, 0.25) is 5.79 Å². The van der Waals surface area contributed by atoms with Crippen LogP contribution < -0.4 is 0 Å². The van der Waals surface area contributed by atoms with Crippen molar-refractivity contribution in [1.29, 1.82) is 0 Å². The van der Waals surface area contributed by atoms with Crippen molar-refractivity contribution in [3.63, 3.8) is 0 Å². The first-order chi connectivity index (χ1) is 27.0. The molecule has 0 spiro atoms. The number of hydrogen-bond donors (Lipinski definition) is 3. The predicted octanol–water partition coefficient (Wildman–Crippen LogP) is 4.64. The zero-order chi connectivity index (χ0) is 42.2. The normalized spacial score (nSPS) is 40.1. The van der Waals surface area contributed by atoms with Gasteiger partial charge in [0.25, 0.3) is 11.7 Å². The molecule has 57 heavy (non-hydrogen) atoms. The molecule has 4 aliphatic rings. The van der Waals surface area contributed by atoms with Crippen molar-refractivity contribution in [3.8, 4) is 0 Å².